The molecule has 100 valence electrons. The number of halogens is 2. The van der Waals surface area contributed by atoms with E-state index in [-0.39, 0.29) is 30.2 Å². The van der Waals surface area contributed by atoms with E-state index in [0.29, 0.717) is 5.56 Å². The van der Waals surface area contributed by atoms with E-state index in [2.05, 4.69) is 4.98 Å². The van der Waals surface area contributed by atoms with Gasteiger partial charge in [0, 0.05) is 11.1 Å². The van der Waals surface area contributed by atoms with Gasteiger partial charge in [-0.3, -0.25) is 4.79 Å². The maximum Gasteiger partial charge on any atom is 0.311 e. The van der Waals surface area contributed by atoms with Crippen LogP contribution in [0.25, 0.3) is 0 Å². The van der Waals surface area contributed by atoms with E-state index in [1.165, 1.54) is 13.2 Å². The number of hydrogen-bond acceptors (Lipinski definition) is 4. The molecule has 0 aliphatic heterocycles. The van der Waals surface area contributed by atoms with Crippen molar-refractivity contribution in [1.29, 1.82) is 0 Å². The molecule has 0 bridgehead atoms. The molecule has 18 heavy (non-hydrogen) atoms. The van der Waals surface area contributed by atoms with Gasteiger partial charge in [0.1, 0.15) is 0 Å². The fraction of sp³-hybridized carbons (Fsp3) is 0.500. The number of nitrogens with zero attached hydrogens (tertiary/aromatic N) is 1. The Morgan fingerprint density at radius 3 is 2.67 bits per heavy atom. The van der Waals surface area contributed by atoms with Crippen LogP contribution >= 0.6 is 0 Å². The Morgan fingerprint density at radius 1 is 1.50 bits per heavy atom. The molecule has 1 aromatic heterocycles. The zero-order valence-corrected chi connectivity index (χ0v) is 10.5. The largest absolute Gasteiger partial charge is 0.481 e. The Balaban J connectivity index is 3.10. The number of aromatic nitrogens is 1. The maximum absolute atomic E-state index is 12.8. The minimum Gasteiger partial charge on any atom is -0.481 e. The molecular formula is C12H15F2NO3. The average Bonchev–Trinajstić information content (AvgIpc) is 2.30. The van der Waals surface area contributed by atoms with Gasteiger partial charge in [0.25, 0.3) is 6.43 Å². The summed E-state index contributed by atoms with van der Waals surface area (Å²) < 4.78 is 35.4. The number of carbonyl (C=O) groups excluding carboxylic acids is 1. The van der Waals surface area contributed by atoms with Gasteiger partial charge in [-0.25, -0.2) is 13.8 Å². The third kappa shape index (κ3) is 3.38. The minimum absolute atomic E-state index is 0.00843. The molecule has 0 unspecified atom stereocenters. The zero-order chi connectivity index (χ0) is 13.7. The van der Waals surface area contributed by atoms with Crippen molar-refractivity contribution in [2.75, 3.05) is 13.7 Å². The third-order valence-corrected chi connectivity index (χ3v) is 2.32. The van der Waals surface area contributed by atoms with E-state index >= 15 is 0 Å². The van der Waals surface area contributed by atoms with Crippen LogP contribution in [-0.4, -0.2) is 24.7 Å². The van der Waals surface area contributed by atoms with Gasteiger partial charge in [-0.2, -0.15) is 0 Å². The molecule has 0 spiro atoms. The van der Waals surface area contributed by atoms with Gasteiger partial charge in [-0.1, -0.05) is 0 Å². The number of alkyl halides is 2. The normalized spacial score (nSPS) is 10.6. The van der Waals surface area contributed by atoms with Crippen LogP contribution in [-0.2, 0) is 16.0 Å². The third-order valence-electron chi connectivity index (χ3n) is 2.32. The molecule has 0 radical (unpaired) electrons. The summed E-state index contributed by atoms with van der Waals surface area (Å²) in [5.41, 5.74) is 0.229. The lowest BCUT2D eigenvalue weighted by Crippen LogP contribution is -2.12. The second-order valence-electron chi connectivity index (χ2n) is 3.63. The number of ether oxygens (including phenoxy) is 2. The lowest BCUT2D eigenvalue weighted by molar-refractivity contribution is -0.142. The Kier molecular flexibility index (Phi) is 5.00. The molecule has 4 nitrogen and oxygen atoms in total. The summed E-state index contributed by atoms with van der Waals surface area (Å²) in [6, 6.07) is 1.28. The van der Waals surface area contributed by atoms with Crippen LogP contribution in [0.2, 0.25) is 0 Å². The van der Waals surface area contributed by atoms with E-state index in [9.17, 15) is 13.6 Å². The van der Waals surface area contributed by atoms with Crippen molar-refractivity contribution in [2.24, 2.45) is 0 Å². The number of esters is 1. The van der Waals surface area contributed by atoms with Gasteiger partial charge in [0.15, 0.2) is 0 Å². The molecular weight excluding hydrogens is 244 g/mol. The number of aryl methyl sites for hydroxylation is 1. The van der Waals surface area contributed by atoms with Crippen molar-refractivity contribution in [3.63, 3.8) is 0 Å². The van der Waals surface area contributed by atoms with E-state index in [4.69, 9.17) is 9.47 Å². The first-order chi connectivity index (χ1) is 8.49. The summed E-state index contributed by atoms with van der Waals surface area (Å²) in [6.07, 6.45) is -2.98. The number of carbonyl (C=O) groups is 1. The molecule has 6 heteroatoms. The highest BCUT2D eigenvalue weighted by Gasteiger charge is 2.19. The van der Waals surface area contributed by atoms with Gasteiger partial charge < -0.3 is 9.47 Å². The molecule has 1 aromatic rings. The Labute approximate surface area is 104 Å². The number of pyridine rings is 1. The fourth-order valence-corrected chi connectivity index (χ4v) is 1.54. The fourth-order valence-electron chi connectivity index (χ4n) is 1.54. The van der Waals surface area contributed by atoms with Crippen molar-refractivity contribution in [2.45, 2.75) is 26.7 Å². The molecule has 0 saturated heterocycles. The van der Waals surface area contributed by atoms with Crippen LogP contribution in [0, 0.1) is 6.92 Å². The number of rotatable bonds is 5. The van der Waals surface area contributed by atoms with Crippen LogP contribution in [0.5, 0.6) is 5.88 Å². The molecule has 0 aromatic carbocycles. The second kappa shape index (κ2) is 6.28. The molecule has 1 heterocycles. The summed E-state index contributed by atoms with van der Waals surface area (Å²) in [5.74, 6) is -0.350. The van der Waals surface area contributed by atoms with Gasteiger partial charge in [0.05, 0.1) is 25.8 Å². The summed E-state index contributed by atoms with van der Waals surface area (Å²) in [6.45, 7) is 3.47. The van der Waals surface area contributed by atoms with Crippen molar-refractivity contribution in [3.05, 3.63) is 22.9 Å². The predicted molar refractivity (Wildman–Crippen MR) is 60.8 cm³/mol. The Morgan fingerprint density at radius 2 is 2.17 bits per heavy atom. The van der Waals surface area contributed by atoms with Crippen LogP contribution in [0.1, 0.15) is 30.2 Å². The first-order valence-corrected chi connectivity index (χ1v) is 5.47. The minimum atomic E-state index is -2.69. The number of hydrogen-bond donors (Lipinski definition) is 0. The molecule has 0 aliphatic rings. The van der Waals surface area contributed by atoms with Crippen LogP contribution in [0.4, 0.5) is 8.78 Å². The van der Waals surface area contributed by atoms with Crippen molar-refractivity contribution < 1.29 is 23.0 Å². The zero-order valence-electron chi connectivity index (χ0n) is 10.5. The summed E-state index contributed by atoms with van der Waals surface area (Å²) in [5, 5.41) is 0. The molecule has 1 rings (SSSR count). The molecule has 0 aliphatic carbocycles. The van der Waals surface area contributed by atoms with E-state index in [1.807, 2.05) is 0 Å². The van der Waals surface area contributed by atoms with Gasteiger partial charge in [-0.05, 0) is 19.9 Å². The van der Waals surface area contributed by atoms with E-state index in [1.54, 1.807) is 13.8 Å². The molecule has 0 atom stereocenters. The number of methoxy groups -OCH3 is 1. The van der Waals surface area contributed by atoms with Crippen LogP contribution in [0.15, 0.2) is 6.07 Å². The van der Waals surface area contributed by atoms with Gasteiger partial charge >= 0.3 is 5.97 Å². The van der Waals surface area contributed by atoms with Crippen molar-refractivity contribution in [1.82, 2.24) is 4.98 Å². The molecule has 0 N–H and O–H groups in total. The summed E-state index contributed by atoms with van der Waals surface area (Å²) >= 11 is 0. The summed E-state index contributed by atoms with van der Waals surface area (Å²) in [7, 11) is 1.39. The first-order valence-electron chi connectivity index (χ1n) is 5.47. The molecule has 0 saturated carbocycles. The predicted octanol–water partition coefficient (Wildman–Crippen LogP) is 2.44. The van der Waals surface area contributed by atoms with Gasteiger partial charge in [0.2, 0.25) is 5.88 Å². The smallest absolute Gasteiger partial charge is 0.311 e. The SMILES string of the molecule is CCOC(=O)Cc1nc(OC)c(C)cc1C(F)F. The standard InChI is InChI=1S/C12H15F2NO3/c1-4-18-10(16)6-9-8(11(13)14)5-7(2)12(15-9)17-3/h5,11H,4,6H2,1-3H3. The van der Waals surface area contributed by atoms with Crippen molar-refractivity contribution >= 4 is 5.97 Å². The highest BCUT2D eigenvalue weighted by Crippen LogP contribution is 2.27. The van der Waals surface area contributed by atoms with Gasteiger partial charge in [-0.15, -0.1) is 0 Å². The van der Waals surface area contributed by atoms with Crippen LogP contribution in [0.3, 0.4) is 0 Å². The average molecular weight is 259 g/mol. The molecule has 0 amide bonds. The quantitative estimate of drug-likeness (QED) is 0.762. The lowest BCUT2D eigenvalue weighted by Gasteiger charge is -2.11. The Hall–Kier alpha value is -1.72. The van der Waals surface area contributed by atoms with E-state index < -0.39 is 12.4 Å². The topological polar surface area (TPSA) is 48.4 Å². The van der Waals surface area contributed by atoms with Crippen molar-refractivity contribution in [3.8, 4) is 5.88 Å². The second-order valence-corrected chi connectivity index (χ2v) is 3.63. The highest BCUT2D eigenvalue weighted by atomic mass is 19.3. The first kappa shape index (κ1) is 14.3. The monoisotopic (exact) mass is 259 g/mol. The Bertz CT molecular complexity index is 436. The highest BCUT2D eigenvalue weighted by molar-refractivity contribution is 5.72. The molecule has 0 fully saturated rings. The summed E-state index contributed by atoms with van der Waals surface area (Å²) in [4.78, 5) is 15.3. The lowest BCUT2D eigenvalue weighted by atomic mass is 10.1. The van der Waals surface area contributed by atoms with E-state index in [0.717, 1.165) is 0 Å². The maximum atomic E-state index is 12.8. The van der Waals surface area contributed by atoms with Crippen LogP contribution < -0.4 is 4.74 Å².